The van der Waals surface area contributed by atoms with Crippen LogP contribution < -0.4 is 10.6 Å². The standard InChI is InChI=1S/C15H20N4O6/c1-7(2)10(16-15(23)17-11(8(3)20)14(21)22)13-19-18-12(25-13)9-5-4-6-24-9/h4-8,10-11,20H,1-3H3,(H,21,22)(H2,16,17,23). The van der Waals surface area contributed by atoms with Gasteiger partial charge < -0.3 is 29.7 Å². The van der Waals surface area contributed by atoms with E-state index in [4.69, 9.17) is 13.9 Å². The normalized spacial score (nSPS) is 14.8. The van der Waals surface area contributed by atoms with E-state index in [1.54, 1.807) is 12.1 Å². The minimum Gasteiger partial charge on any atom is -0.480 e. The number of nitrogens with one attached hydrogen (secondary N) is 2. The number of nitrogens with zero attached hydrogens (tertiary/aromatic N) is 2. The Morgan fingerprint density at radius 2 is 1.92 bits per heavy atom. The van der Waals surface area contributed by atoms with Crippen molar-refractivity contribution in [1.29, 1.82) is 0 Å². The van der Waals surface area contributed by atoms with Gasteiger partial charge in [0, 0.05) is 0 Å². The highest BCUT2D eigenvalue weighted by molar-refractivity contribution is 5.83. The first-order chi connectivity index (χ1) is 11.8. The van der Waals surface area contributed by atoms with Crippen LogP contribution in [0.2, 0.25) is 0 Å². The van der Waals surface area contributed by atoms with E-state index in [0.29, 0.717) is 5.76 Å². The number of carboxylic acid groups (broad SMARTS) is 1. The van der Waals surface area contributed by atoms with Crippen LogP contribution in [0.15, 0.2) is 27.2 Å². The third-order valence-corrected chi connectivity index (χ3v) is 3.43. The molecule has 10 nitrogen and oxygen atoms in total. The van der Waals surface area contributed by atoms with E-state index in [1.807, 2.05) is 13.8 Å². The molecule has 4 N–H and O–H groups in total. The molecule has 0 bridgehead atoms. The molecule has 2 aromatic heterocycles. The summed E-state index contributed by atoms with van der Waals surface area (Å²) < 4.78 is 10.7. The van der Waals surface area contributed by atoms with E-state index in [9.17, 15) is 14.7 Å². The molecule has 136 valence electrons. The third kappa shape index (κ3) is 4.57. The Balaban J connectivity index is 2.11. The first kappa shape index (κ1) is 18.5. The van der Waals surface area contributed by atoms with Crippen molar-refractivity contribution in [3.05, 3.63) is 24.3 Å². The van der Waals surface area contributed by atoms with Gasteiger partial charge in [0.15, 0.2) is 11.8 Å². The van der Waals surface area contributed by atoms with Gasteiger partial charge in [0.25, 0.3) is 5.89 Å². The molecule has 0 aromatic carbocycles. The van der Waals surface area contributed by atoms with Gasteiger partial charge >= 0.3 is 12.0 Å². The fourth-order valence-electron chi connectivity index (χ4n) is 2.09. The summed E-state index contributed by atoms with van der Waals surface area (Å²) in [5, 5.41) is 31.0. The summed E-state index contributed by atoms with van der Waals surface area (Å²) in [6.07, 6.45) is 0.210. The molecule has 0 fully saturated rings. The maximum atomic E-state index is 12.1. The second-order valence-corrected chi connectivity index (χ2v) is 5.82. The molecule has 0 aliphatic heterocycles. The predicted octanol–water partition coefficient (Wildman–Crippen LogP) is 1.16. The molecule has 25 heavy (non-hydrogen) atoms. The van der Waals surface area contributed by atoms with Crippen LogP contribution in [-0.4, -0.2) is 44.6 Å². The first-order valence-electron chi connectivity index (χ1n) is 7.64. The molecule has 2 amide bonds. The van der Waals surface area contributed by atoms with Gasteiger partial charge in [-0.2, -0.15) is 0 Å². The molecule has 2 aromatic rings. The molecule has 0 saturated carbocycles. The van der Waals surface area contributed by atoms with E-state index >= 15 is 0 Å². The smallest absolute Gasteiger partial charge is 0.328 e. The van der Waals surface area contributed by atoms with Crippen molar-refractivity contribution in [3.8, 4) is 11.7 Å². The highest BCUT2D eigenvalue weighted by atomic mass is 16.4. The van der Waals surface area contributed by atoms with Crippen molar-refractivity contribution >= 4 is 12.0 Å². The van der Waals surface area contributed by atoms with Gasteiger partial charge in [-0.25, -0.2) is 9.59 Å². The van der Waals surface area contributed by atoms with E-state index < -0.39 is 30.2 Å². The number of rotatable bonds is 7. The minimum absolute atomic E-state index is 0.120. The fraction of sp³-hybridized carbons (Fsp3) is 0.467. The molecule has 3 atom stereocenters. The van der Waals surface area contributed by atoms with Gasteiger partial charge in [-0.15, -0.1) is 10.2 Å². The summed E-state index contributed by atoms with van der Waals surface area (Å²) >= 11 is 0. The second-order valence-electron chi connectivity index (χ2n) is 5.82. The largest absolute Gasteiger partial charge is 0.480 e. The molecular formula is C15H20N4O6. The Hall–Kier alpha value is -2.88. The van der Waals surface area contributed by atoms with E-state index in [0.717, 1.165) is 0 Å². The first-order valence-corrected chi connectivity index (χ1v) is 7.64. The van der Waals surface area contributed by atoms with Crippen LogP contribution in [0.1, 0.15) is 32.7 Å². The summed E-state index contributed by atoms with van der Waals surface area (Å²) in [6.45, 7) is 4.92. The van der Waals surface area contributed by atoms with Crippen LogP contribution in [0, 0.1) is 5.92 Å². The fourth-order valence-corrected chi connectivity index (χ4v) is 2.09. The molecule has 0 spiro atoms. The lowest BCUT2D eigenvalue weighted by Gasteiger charge is -2.22. The number of furan rings is 1. The number of amides is 2. The molecular weight excluding hydrogens is 332 g/mol. The number of aromatic nitrogens is 2. The zero-order valence-corrected chi connectivity index (χ0v) is 14.0. The molecule has 2 heterocycles. The molecule has 10 heteroatoms. The number of aliphatic carboxylic acids is 1. The van der Waals surface area contributed by atoms with Gasteiger partial charge in [0.05, 0.1) is 12.4 Å². The summed E-state index contributed by atoms with van der Waals surface area (Å²) in [4.78, 5) is 23.1. The van der Waals surface area contributed by atoms with E-state index in [2.05, 4.69) is 20.8 Å². The average Bonchev–Trinajstić information content (AvgIpc) is 3.19. The van der Waals surface area contributed by atoms with Gasteiger partial charge in [-0.05, 0) is 25.0 Å². The van der Waals surface area contributed by atoms with Gasteiger partial charge in [0.1, 0.15) is 6.04 Å². The van der Waals surface area contributed by atoms with E-state index in [1.165, 1.54) is 13.2 Å². The Labute approximate surface area is 143 Å². The Morgan fingerprint density at radius 1 is 1.20 bits per heavy atom. The lowest BCUT2D eigenvalue weighted by molar-refractivity contribution is -0.141. The van der Waals surface area contributed by atoms with Crippen LogP contribution in [0.4, 0.5) is 4.79 Å². The lowest BCUT2D eigenvalue weighted by atomic mass is 10.0. The highest BCUT2D eigenvalue weighted by Crippen LogP contribution is 2.24. The monoisotopic (exact) mass is 352 g/mol. The van der Waals surface area contributed by atoms with Crippen molar-refractivity contribution in [2.24, 2.45) is 5.92 Å². The number of hydrogen-bond acceptors (Lipinski definition) is 7. The maximum absolute atomic E-state index is 12.1. The van der Waals surface area contributed by atoms with Gasteiger partial charge in [0.2, 0.25) is 5.89 Å². The molecule has 0 aliphatic rings. The zero-order chi connectivity index (χ0) is 18.6. The summed E-state index contributed by atoms with van der Waals surface area (Å²) in [6, 6.07) is 0.466. The van der Waals surface area contributed by atoms with Crippen molar-refractivity contribution in [1.82, 2.24) is 20.8 Å². The SMILES string of the molecule is CC(C)C(NC(=O)NC(C(=O)O)C(C)O)c1nnc(-c2ccco2)o1. The quantitative estimate of drug-likeness (QED) is 0.579. The van der Waals surface area contributed by atoms with Gasteiger partial charge in [-0.1, -0.05) is 13.8 Å². The highest BCUT2D eigenvalue weighted by Gasteiger charge is 2.29. The van der Waals surface area contributed by atoms with Crippen LogP contribution in [-0.2, 0) is 4.79 Å². The van der Waals surface area contributed by atoms with Crippen LogP contribution in [0.3, 0.4) is 0 Å². The van der Waals surface area contributed by atoms with Crippen LogP contribution in [0.5, 0.6) is 0 Å². The number of aliphatic hydroxyl groups excluding tert-OH is 1. The Bertz CT molecular complexity index is 709. The Morgan fingerprint density at radius 3 is 2.44 bits per heavy atom. The summed E-state index contributed by atoms with van der Waals surface area (Å²) in [5.74, 6) is -0.749. The molecule has 0 saturated heterocycles. The summed E-state index contributed by atoms with van der Waals surface area (Å²) in [5.41, 5.74) is 0. The molecule has 3 unspecified atom stereocenters. The van der Waals surface area contributed by atoms with Crippen LogP contribution >= 0.6 is 0 Å². The number of carbonyl (C=O) groups is 2. The van der Waals surface area contributed by atoms with E-state index in [-0.39, 0.29) is 17.7 Å². The van der Waals surface area contributed by atoms with Crippen molar-refractivity contribution in [3.63, 3.8) is 0 Å². The van der Waals surface area contributed by atoms with Crippen molar-refractivity contribution in [2.45, 2.75) is 39.0 Å². The minimum atomic E-state index is -1.44. The molecule has 2 rings (SSSR count). The van der Waals surface area contributed by atoms with Gasteiger partial charge in [-0.3, -0.25) is 0 Å². The number of carboxylic acids is 1. The van der Waals surface area contributed by atoms with Crippen molar-refractivity contribution in [2.75, 3.05) is 0 Å². The predicted molar refractivity (Wildman–Crippen MR) is 84.4 cm³/mol. The Kier molecular flexibility index (Phi) is 5.75. The second kappa shape index (κ2) is 7.79. The molecule has 0 aliphatic carbocycles. The molecule has 0 radical (unpaired) electrons. The number of carbonyl (C=O) groups excluding carboxylic acids is 1. The third-order valence-electron chi connectivity index (χ3n) is 3.43. The van der Waals surface area contributed by atoms with Crippen molar-refractivity contribution < 1.29 is 28.6 Å². The number of hydrogen-bond donors (Lipinski definition) is 4. The average molecular weight is 352 g/mol. The van der Waals surface area contributed by atoms with Crippen LogP contribution in [0.25, 0.3) is 11.7 Å². The number of urea groups is 1. The zero-order valence-electron chi connectivity index (χ0n) is 14.0. The lowest BCUT2D eigenvalue weighted by Crippen LogP contribution is -2.52. The number of aliphatic hydroxyl groups is 1. The maximum Gasteiger partial charge on any atom is 0.328 e. The summed E-state index contributed by atoms with van der Waals surface area (Å²) in [7, 11) is 0. The topological polar surface area (TPSA) is 151 Å².